The van der Waals surface area contributed by atoms with Gasteiger partial charge < -0.3 is 20.5 Å². The molecular weight excluding hydrogens is 239 g/mol. The van der Waals surface area contributed by atoms with Gasteiger partial charge in [0.2, 0.25) is 0 Å². The van der Waals surface area contributed by atoms with Crippen molar-refractivity contribution in [3.8, 4) is 18.1 Å². The van der Waals surface area contributed by atoms with Gasteiger partial charge in [0.25, 0.3) is 0 Å². The maximum Gasteiger partial charge on any atom is 0.319 e. The number of aliphatic hydroxyl groups excluding tert-OH is 1. The number of halogens is 1. The van der Waals surface area contributed by atoms with Crippen molar-refractivity contribution in [3.05, 3.63) is 24.0 Å². The first-order chi connectivity index (χ1) is 8.67. The second kappa shape index (κ2) is 7.14. The molecular formula is C12H13FN2O3. The summed E-state index contributed by atoms with van der Waals surface area (Å²) in [6.45, 7) is -0.0821. The van der Waals surface area contributed by atoms with Crippen LogP contribution in [0.1, 0.15) is 0 Å². The van der Waals surface area contributed by atoms with E-state index in [1.165, 1.54) is 12.1 Å². The summed E-state index contributed by atoms with van der Waals surface area (Å²) in [6, 6.07) is 3.14. The molecule has 0 aliphatic heterocycles. The number of hydrogen-bond donors (Lipinski definition) is 3. The molecule has 0 aromatic heterocycles. The molecule has 18 heavy (non-hydrogen) atoms. The highest BCUT2D eigenvalue weighted by atomic mass is 19.1. The molecule has 0 heterocycles. The number of carbonyl (C=O) groups is 1. The van der Waals surface area contributed by atoms with Gasteiger partial charge in [0, 0.05) is 12.6 Å². The Hall–Kier alpha value is -2.26. The summed E-state index contributed by atoms with van der Waals surface area (Å²) in [5.74, 6) is 1.89. The van der Waals surface area contributed by atoms with Crippen molar-refractivity contribution in [1.29, 1.82) is 0 Å². The molecule has 5 nitrogen and oxygen atoms in total. The van der Waals surface area contributed by atoms with Crippen LogP contribution in [0, 0.1) is 18.2 Å². The molecule has 0 spiro atoms. The van der Waals surface area contributed by atoms with Gasteiger partial charge in [-0.3, -0.25) is 0 Å². The van der Waals surface area contributed by atoms with Crippen molar-refractivity contribution in [3.63, 3.8) is 0 Å². The number of hydrogen-bond acceptors (Lipinski definition) is 3. The maximum absolute atomic E-state index is 13.0. The van der Waals surface area contributed by atoms with E-state index in [0.717, 1.165) is 6.07 Å². The van der Waals surface area contributed by atoms with E-state index in [1.54, 1.807) is 0 Å². The van der Waals surface area contributed by atoms with Gasteiger partial charge in [-0.2, -0.15) is 0 Å². The lowest BCUT2D eigenvalue weighted by atomic mass is 10.3. The third kappa shape index (κ3) is 4.31. The zero-order valence-electron chi connectivity index (χ0n) is 9.57. The Labute approximate surface area is 104 Å². The van der Waals surface area contributed by atoms with Gasteiger partial charge in [0.1, 0.15) is 18.2 Å². The van der Waals surface area contributed by atoms with E-state index in [-0.39, 0.29) is 25.5 Å². The summed E-state index contributed by atoms with van der Waals surface area (Å²) in [7, 11) is 0. The Morgan fingerprint density at radius 1 is 1.56 bits per heavy atom. The smallest absolute Gasteiger partial charge is 0.319 e. The molecule has 0 saturated carbocycles. The first kappa shape index (κ1) is 13.8. The van der Waals surface area contributed by atoms with Crippen molar-refractivity contribution in [2.24, 2.45) is 0 Å². The van der Waals surface area contributed by atoms with Gasteiger partial charge in [-0.05, 0) is 12.1 Å². The summed E-state index contributed by atoms with van der Waals surface area (Å²) in [6.07, 6.45) is 5.04. The molecule has 6 heteroatoms. The van der Waals surface area contributed by atoms with E-state index in [0.29, 0.717) is 5.69 Å². The molecule has 2 amide bonds. The number of urea groups is 1. The minimum Gasteiger partial charge on any atom is -0.479 e. The summed E-state index contributed by atoms with van der Waals surface area (Å²) >= 11 is 0. The van der Waals surface area contributed by atoms with Crippen LogP contribution in [0.3, 0.4) is 0 Å². The summed E-state index contributed by atoms with van der Waals surface area (Å²) in [5.41, 5.74) is 0.294. The minimum absolute atomic E-state index is 0.0314. The number of anilines is 1. The number of rotatable bonds is 5. The fourth-order valence-corrected chi connectivity index (χ4v) is 1.17. The van der Waals surface area contributed by atoms with Crippen molar-refractivity contribution in [2.45, 2.75) is 0 Å². The Morgan fingerprint density at radius 3 is 3.00 bits per heavy atom. The van der Waals surface area contributed by atoms with Crippen LogP contribution in [0.5, 0.6) is 5.75 Å². The van der Waals surface area contributed by atoms with E-state index in [9.17, 15) is 9.18 Å². The zero-order chi connectivity index (χ0) is 13.4. The third-order valence-electron chi connectivity index (χ3n) is 1.90. The van der Waals surface area contributed by atoms with Crippen LogP contribution in [0.25, 0.3) is 0 Å². The SMILES string of the molecule is C#CCOc1cc(F)ccc1NC(=O)NCCO. The molecule has 1 rings (SSSR count). The van der Waals surface area contributed by atoms with E-state index in [2.05, 4.69) is 16.6 Å². The molecule has 0 atom stereocenters. The third-order valence-corrected chi connectivity index (χ3v) is 1.90. The van der Waals surface area contributed by atoms with Gasteiger partial charge in [-0.25, -0.2) is 9.18 Å². The minimum atomic E-state index is -0.527. The molecule has 0 radical (unpaired) electrons. The summed E-state index contributed by atoms with van der Waals surface area (Å²) in [4.78, 5) is 11.4. The van der Waals surface area contributed by atoms with Crippen LogP contribution in [-0.2, 0) is 0 Å². The molecule has 0 saturated heterocycles. The number of benzene rings is 1. The van der Waals surface area contributed by atoms with Crippen LogP contribution in [0.15, 0.2) is 18.2 Å². The molecule has 0 aliphatic carbocycles. The second-order valence-corrected chi connectivity index (χ2v) is 3.24. The lowest BCUT2D eigenvalue weighted by Gasteiger charge is -2.11. The number of ether oxygens (including phenoxy) is 1. The van der Waals surface area contributed by atoms with E-state index in [1.807, 2.05) is 0 Å². The lowest BCUT2D eigenvalue weighted by molar-refractivity contribution is 0.244. The molecule has 0 aliphatic rings. The van der Waals surface area contributed by atoms with Gasteiger partial charge >= 0.3 is 6.03 Å². The highest BCUT2D eigenvalue weighted by Gasteiger charge is 2.08. The Balaban J connectivity index is 2.74. The molecule has 0 bridgehead atoms. The molecule has 0 unspecified atom stereocenters. The summed E-state index contributed by atoms with van der Waals surface area (Å²) in [5, 5.41) is 13.4. The Kier molecular flexibility index (Phi) is 5.48. The van der Waals surface area contributed by atoms with Gasteiger partial charge in [-0.15, -0.1) is 6.42 Å². The molecule has 0 fully saturated rings. The van der Waals surface area contributed by atoms with E-state index < -0.39 is 11.8 Å². The first-order valence-corrected chi connectivity index (χ1v) is 5.19. The maximum atomic E-state index is 13.0. The van der Waals surface area contributed by atoms with Crippen molar-refractivity contribution in [2.75, 3.05) is 25.1 Å². The van der Waals surface area contributed by atoms with Crippen LogP contribution < -0.4 is 15.4 Å². The number of terminal acetylenes is 1. The summed E-state index contributed by atoms with van der Waals surface area (Å²) < 4.78 is 18.1. The zero-order valence-corrected chi connectivity index (χ0v) is 9.57. The number of amides is 2. The molecule has 3 N–H and O–H groups in total. The number of carbonyl (C=O) groups excluding carboxylic acids is 1. The number of aliphatic hydroxyl groups is 1. The molecule has 1 aromatic rings. The van der Waals surface area contributed by atoms with Crippen molar-refractivity contribution in [1.82, 2.24) is 5.32 Å². The van der Waals surface area contributed by atoms with E-state index >= 15 is 0 Å². The highest BCUT2D eigenvalue weighted by Crippen LogP contribution is 2.25. The fraction of sp³-hybridized carbons (Fsp3) is 0.250. The predicted octanol–water partition coefficient (Wildman–Crippen LogP) is 0.951. The first-order valence-electron chi connectivity index (χ1n) is 5.19. The molecule has 1 aromatic carbocycles. The average Bonchev–Trinajstić information content (AvgIpc) is 2.36. The largest absolute Gasteiger partial charge is 0.479 e. The highest BCUT2D eigenvalue weighted by molar-refractivity contribution is 5.90. The van der Waals surface area contributed by atoms with Crippen LogP contribution in [-0.4, -0.2) is 30.9 Å². The van der Waals surface area contributed by atoms with Crippen LogP contribution in [0.4, 0.5) is 14.9 Å². The monoisotopic (exact) mass is 252 g/mol. The van der Waals surface area contributed by atoms with Gasteiger partial charge in [0.05, 0.1) is 12.3 Å². The topological polar surface area (TPSA) is 70.6 Å². The van der Waals surface area contributed by atoms with Crippen LogP contribution >= 0.6 is 0 Å². The second-order valence-electron chi connectivity index (χ2n) is 3.24. The average molecular weight is 252 g/mol. The normalized spacial score (nSPS) is 9.39. The Bertz CT molecular complexity index is 457. The Morgan fingerprint density at radius 2 is 2.33 bits per heavy atom. The van der Waals surface area contributed by atoms with Gasteiger partial charge in [-0.1, -0.05) is 5.92 Å². The predicted molar refractivity (Wildman–Crippen MR) is 64.8 cm³/mol. The number of nitrogens with one attached hydrogen (secondary N) is 2. The van der Waals surface area contributed by atoms with Gasteiger partial charge in [0.15, 0.2) is 0 Å². The van der Waals surface area contributed by atoms with E-state index in [4.69, 9.17) is 16.3 Å². The quantitative estimate of drug-likeness (QED) is 0.683. The van der Waals surface area contributed by atoms with Crippen molar-refractivity contribution < 1.29 is 19.0 Å². The standard InChI is InChI=1S/C12H13FN2O3/c1-2-7-18-11-8-9(13)3-4-10(11)15-12(17)14-5-6-16/h1,3-4,8,16H,5-7H2,(H2,14,15,17). The van der Waals surface area contributed by atoms with Crippen LogP contribution in [0.2, 0.25) is 0 Å². The van der Waals surface area contributed by atoms with Crippen molar-refractivity contribution >= 4 is 11.7 Å². The molecule has 96 valence electrons. The lowest BCUT2D eigenvalue weighted by Crippen LogP contribution is -2.31. The fourth-order valence-electron chi connectivity index (χ4n) is 1.17.